The second-order valence-electron chi connectivity index (χ2n) is 5.01. The van der Waals surface area contributed by atoms with E-state index < -0.39 is 44.1 Å². The predicted molar refractivity (Wildman–Crippen MR) is 86.0 cm³/mol. The van der Waals surface area contributed by atoms with E-state index in [0.717, 1.165) is 0 Å². The Morgan fingerprint density at radius 1 is 1.08 bits per heavy atom. The van der Waals surface area contributed by atoms with Crippen LogP contribution in [0, 0.1) is 20.2 Å². The Morgan fingerprint density at radius 2 is 1.68 bits per heavy atom. The summed E-state index contributed by atoms with van der Waals surface area (Å²) < 4.78 is 0. The van der Waals surface area contributed by atoms with Crippen molar-refractivity contribution >= 4 is 23.1 Å². The van der Waals surface area contributed by atoms with Crippen LogP contribution in [0.4, 0.5) is 11.4 Å². The molecule has 9 nitrogen and oxygen atoms in total. The molecule has 0 saturated carbocycles. The minimum Gasteiger partial charge on any atom is -0.478 e. The first-order valence-electron chi connectivity index (χ1n) is 7.11. The van der Waals surface area contributed by atoms with Crippen molar-refractivity contribution in [1.29, 1.82) is 0 Å². The van der Waals surface area contributed by atoms with Crippen LogP contribution in [0.15, 0.2) is 36.4 Å². The molecular formula is C16H12N2O7. The number of carboxylic acid groups (broad SMARTS) is 1. The lowest BCUT2D eigenvalue weighted by Crippen LogP contribution is -2.15. The molecule has 0 aliphatic heterocycles. The van der Waals surface area contributed by atoms with Gasteiger partial charge in [-0.1, -0.05) is 37.3 Å². The Kier molecular flexibility index (Phi) is 4.87. The summed E-state index contributed by atoms with van der Waals surface area (Å²) in [6, 6.07) is 8.07. The average molecular weight is 344 g/mol. The number of hydrogen-bond donors (Lipinski definition) is 1. The van der Waals surface area contributed by atoms with Crippen LogP contribution in [0.5, 0.6) is 0 Å². The van der Waals surface area contributed by atoms with Crippen LogP contribution in [-0.4, -0.2) is 26.7 Å². The van der Waals surface area contributed by atoms with Gasteiger partial charge in [0, 0.05) is 17.2 Å². The van der Waals surface area contributed by atoms with E-state index in [-0.39, 0.29) is 17.5 Å². The van der Waals surface area contributed by atoms with Crippen LogP contribution in [0.25, 0.3) is 0 Å². The lowest BCUT2D eigenvalue weighted by Gasteiger charge is -2.10. The number of carbonyl (C=O) groups excluding carboxylic acids is 1. The van der Waals surface area contributed by atoms with E-state index in [9.17, 15) is 34.9 Å². The van der Waals surface area contributed by atoms with E-state index in [4.69, 9.17) is 0 Å². The second-order valence-corrected chi connectivity index (χ2v) is 5.01. The average Bonchev–Trinajstić information content (AvgIpc) is 2.59. The lowest BCUT2D eigenvalue weighted by molar-refractivity contribution is -0.395. The molecule has 2 aromatic rings. The molecule has 0 fully saturated rings. The highest BCUT2D eigenvalue weighted by Crippen LogP contribution is 2.36. The molecule has 128 valence electrons. The number of aromatic carboxylic acids is 1. The van der Waals surface area contributed by atoms with Crippen molar-refractivity contribution in [3.63, 3.8) is 0 Å². The minimum absolute atomic E-state index is 0.0267. The summed E-state index contributed by atoms with van der Waals surface area (Å²) >= 11 is 0. The third-order valence-electron chi connectivity index (χ3n) is 3.61. The van der Waals surface area contributed by atoms with Gasteiger partial charge in [0.05, 0.1) is 15.4 Å². The second kappa shape index (κ2) is 6.87. The number of hydrogen-bond acceptors (Lipinski definition) is 6. The van der Waals surface area contributed by atoms with Gasteiger partial charge >= 0.3 is 5.97 Å². The molecule has 0 unspecified atom stereocenters. The first-order chi connectivity index (χ1) is 11.8. The maximum atomic E-state index is 12.7. The van der Waals surface area contributed by atoms with E-state index in [1.54, 1.807) is 6.07 Å². The smallest absolute Gasteiger partial charge is 0.336 e. The van der Waals surface area contributed by atoms with Gasteiger partial charge in [-0.25, -0.2) is 4.79 Å². The normalized spacial score (nSPS) is 10.3. The molecule has 0 aromatic heterocycles. The number of nitro groups is 2. The molecule has 9 heteroatoms. The molecule has 2 rings (SSSR count). The lowest BCUT2D eigenvalue weighted by atomic mass is 9.92. The molecule has 0 radical (unpaired) electrons. The van der Waals surface area contributed by atoms with Gasteiger partial charge in [-0.15, -0.1) is 0 Å². The fraction of sp³-hybridized carbons (Fsp3) is 0.125. The van der Waals surface area contributed by atoms with Gasteiger partial charge in [-0.05, 0) is 6.42 Å². The van der Waals surface area contributed by atoms with Gasteiger partial charge in [-0.3, -0.25) is 25.0 Å². The molecule has 2 aromatic carbocycles. The minimum atomic E-state index is -1.54. The van der Waals surface area contributed by atoms with Gasteiger partial charge in [-0.2, -0.15) is 0 Å². The van der Waals surface area contributed by atoms with E-state index in [0.29, 0.717) is 6.07 Å². The monoisotopic (exact) mass is 344 g/mol. The van der Waals surface area contributed by atoms with Crippen molar-refractivity contribution in [2.45, 2.75) is 13.3 Å². The molecule has 0 atom stereocenters. The predicted octanol–water partition coefficient (Wildman–Crippen LogP) is 2.99. The van der Waals surface area contributed by atoms with Gasteiger partial charge in [0.1, 0.15) is 0 Å². The molecule has 0 saturated heterocycles. The summed E-state index contributed by atoms with van der Waals surface area (Å²) in [6.45, 7) is 1.47. The molecule has 0 amide bonds. The third kappa shape index (κ3) is 3.20. The topological polar surface area (TPSA) is 141 Å². The zero-order valence-corrected chi connectivity index (χ0v) is 13.0. The zero-order valence-electron chi connectivity index (χ0n) is 13.0. The highest BCUT2D eigenvalue weighted by Gasteiger charge is 2.37. The highest BCUT2D eigenvalue weighted by atomic mass is 16.6. The summed E-state index contributed by atoms with van der Waals surface area (Å²) in [5.74, 6) is -2.45. The van der Waals surface area contributed by atoms with Crippen molar-refractivity contribution in [2.75, 3.05) is 0 Å². The quantitative estimate of drug-likeness (QED) is 0.482. The maximum Gasteiger partial charge on any atom is 0.336 e. The van der Waals surface area contributed by atoms with Crippen molar-refractivity contribution in [2.24, 2.45) is 0 Å². The molecule has 0 spiro atoms. The summed E-state index contributed by atoms with van der Waals surface area (Å²) in [7, 11) is 0. The standard InChI is InChI=1S/C16H12N2O7/c1-2-10-11(16(20)21)8-12(17(22)23)13(14(10)18(24)25)15(19)9-6-4-3-5-7-9/h3-8H,2H2,1H3,(H,20,21). The number of nitro benzene ring substituents is 2. The van der Waals surface area contributed by atoms with Crippen LogP contribution >= 0.6 is 0 Å². The van der Waals surface area contributed by atoms with Gasteiger partial charge < -0.3 is 5.11 Å². The first-order valence-corrected chi connectivity index (χ1v) is 7.11. The Balaban J connectivity index is 2.94. The molecule has 0 heterocycles. The highest BCUT2D eigenvalue weighted by molar-refractivity contribution is 6.15. The SMILES string of the molecule is CCc1c(C(=O)O)cc([N+](=O)[O-])c(C(=O)c2ccccc2)c1[N+](=O)[O-]. The Morgan fingerprint density at radius 3 is 2.12 bits per heavy atom. The maximum absolute atomic E-state index is 12.7. The number of ketones is 1. The fourth-order valence-electron chi connectivity index (χ4n) is 2.55. The van der Waals surface area contributed by atoms with E-state index in [1.807, 2.05) is 0 Å². The Hall–Kier alpha value is -3.62. The summed E-state index contributed by atoms with van der Waals surface area (Å²) in [4.78, 5) is 45.0. The number of carbonyl (C=O) groups is 2. The first kappa shape index (κ1) is 17.7. The van der Waals surface area contributed by atoms with Crippen molar-refractivity contribution in [1.82, 2.24) is 0 Å². The molecule has 0 bridgehead atoms. The Labute approximate surface area is 140 Å². The fourth-order valence-corrected chi connectivity index (χ4v) is 2.55. The molecule has 0 aliphatic carbocycles. The zero-order chi connectivity index (χ0) is 18.7. The van der Waals surface area contributed by atoms with E-state index in [2.05, 4.69) is 0 Å². The van der Waals surface area contributed by atoms with Crippen LogP contribution in [0.2, 0.25) is 0 Å². The number of nitrogens with zero attached hydrogens (tertiary/aromatic N) is 2. The molecule has 1 N–H and O–H groups in total. The largest absolute Gasteiger partial charge is 0.478 e. The van der Waals surface area contributed by atoms with Crippen LogP contribution in [0.1, 0.15) is 38.8 Å². The van der Waals surface area contributed by atoms with E-state index in [1.165, 1.54) is 31.2 Å². The summed E-state index contributed by atoms with van der Waals surface area (Å²) in [5, 5.41) is 32.1. The molecular weight excluding hydrogens is 332 g/mol. The van der Waals surface area contributed by atoms with Crippen LogP contribution in [-0.2, 0) is 6.42 Å². The van der Waals surface area contributed by atoms with Crippen molar-refractivity contribution in [3.8, 4) is 0 Å². The number of rotatable bonds is 6. The van der Waals surface area contributed by atoms with Gasteiger partial charge in [0.15, 0.2) is 5.56 Å². The third-order valence-corrected chi connectivity index (χ3v) is 3.61. The molecule has 0 aliphatic rings. The van der Waals surface area contributed by atoms with E-state index >= 15 is 0 Å². The van der Waals surface area contributed by atoms with Crippen molar-refractivity contribution in [3.05, 3.63) is 78.9 Å². The van der Waals surface area contributed by atoms with Crippen molar-refractivity contribution < 1.29 is 24.5 Å². The number of carboxylic acids is 1. The summed E-state index contributed by atoms with van der Waals surface area (Å²) in [6.07, 6.45) is -0.0784. The number of benzene rings is 2. The molecule has 25 heavy (non-hydrogen) atoms. The van der Waals surface area contributed by atoms with Gasteiger partial charge in [0.25, 0.3) is 11.4 Å². The van der Waals surface area contributed by atoms with Gasteiger partial charge in [0.2, 0.25) is 5.78 Å². The van der Waals surface area contributed by atoms with Crippen LogP contribution in [0.3, 0.4) is 0 Å². The van der Waals surface area contributed by atoms with Crippen LogP contribution < -0.4 is 0 Å². The Bertz CT molecular complexity index is 891. The summed E-state index contributed by atoms with van der Waals surface area (Å²) in [5.41, 5.74) is -3.24.